The normalized spacial score (nSPS) is 17.8. The summed E-state index contributed by atoms with van der Waals surface area (Å²) in [6, 6.07) is 4.95. The first kappa shape index (κ1) is 22.7. The molecule has 2 heterocycles. The number of nitrogens with zero attached hydrogens (tertiary/aromatic N) is 2. The molecule has 1 amide bonds. The van der Waals surface area contributed by atoms with Crippen molar-refractivity contribution in [2.24, 2.45) is 4.99 Å². The van der Waals surface area contributed by atoms with E-state index in [2.05, 4.69) is 10.3 Å². The lowest BCUT2D eigenvalue weighted by Crippen LogP contribution is -2.38. The first-order valence-corrected chi connectivity index (χ1v) is 10.7. The second-order valence-corrected chi connectivity index (χ2v) is 8.20. The summed E-state index contributed by atoms with van der Waals surface area (Å²) >= 11 is 1.42. The van der Waals surface area contributed by atoms with Gasteiger partial charge < -0.3 is 24.4 Å². The quantitative estimate of drug-likeness (QED) is 0.644. The van der Waals surface area contributed by atoms with Crippen LogP contribution < -0.4 is 14.8 Å². The van der Waals surface area contributed by atoms with Crippen LogP contribution >= 0.6 is 11.8 Å². The molecule has 0 spiro atoms. The van der Waals surface area contributed by atoms with Crippen molar-refractivity contribution in [1.82, 2.24) is 10.2 Å². The number of benzene rings is 1. The molecule has 31 heavy (non-hydrogen) atoms. The number of fused-ring (bicyclic) bond motifs is 1. The number of methoxy groups -OCH3 is 3. The topological polar surface area (TPSA) is 89.5 Å². The number of hydrogen-bond donors (Lipinski definition) is 1. The largest absolute Gasteiger partial charge is 0.493 e. The molecule has 2 aliphatic heterocycles. The summed E-state index contributed by atoms with van der Waals surface area (Å²) in [5.74, 6) is 0.456. The molecule has 8 nitrogen and oxygen atoms in total. The maximum Gasteiger partial charge on any atom is 0.338 e. The van der Waals surface area contributed by atoms with Gasteiger partial charge in [0.1, 0.15) is 0 Å². The minimum absolute atomic E-state index is 0.0266. The maximum atomic E-state index is 12.8. The molecule has 2 aliphatic rings. The summed E-state index contributed by atoms with van der Waals surface area (Å²) in [6.07, 6.45) is 0.153. The predicted octanol–water partition coefficient (Wildman–Crippen LogP) is 3.37. The first-order valence-electron chi connectivity index (χ1n) is 9.85. The minimum atomic E-state index is -0.585. The zero-order valence-corrected chi connectivity index (χ0v) is 19.3. The van der Waals surface area contributed by atoms with Crippen LogP contribution in [0.5, 0.6) is 11.5 Å². The van der Waals surface area contributed by atoms with E-state index >= 15 is 0 Å². The van der Waals surface area contributed by atoms with Gasteiger partial charge in [0.25, 0.3) is 0 Å². The van der Waals surface area contributed by atoms with E-state index in [0.29, 0.717) is 33.5 Å². The Balaban J connectivity index is 2.14. The van der Waals surface area contributed by atoms with Crippen LogP contribution in [0.4, 0.5) is 0 Å². The van der Waals surface area contributed by atoms with Crippen molar-refractivity contribution >= 4 is 28.8 Å². The third kappa shape index (κ3) is 4.41. The van der Waals surface area contributed by atoms with Crippen LogP contribution in [0.3, 0.4) is 0 Å². The van der Waals surface area contributed by atoms with E-state index in [1.807, 2.05) is 36.3 Å². The van der Waals surface area contributed by atoms with Crippen molar-refractivity contribution in [3.05, 3.63) is 46.1 Å². The highest BCUT2D eigenvalue weighted by Gasteiger charge is 2.42. The number of ether oxygens (including phenoxy) is 3. The highest BCUT2D eigenvalue weighted by molar-refractivity contribution is 8.16. The molecule has 1 aromatic rings. The summed E-state index contributed by atoms with van der Waals surface area (Å²) in [5.41, 5.74) is 2.40. The van der Waals surface area contributed by atoms with Crippen LogP contribution in [-0.4, -0.2) is 49.3 Å². The lowest BCUT2D eigenvalue weighted by Gasteiger charge is -2.36. The zero-order chi connectivity index (χ0) is 22.7. The molecule has 1 aromatic carbocycles. The van der Waals surface area contributed by atoms with Gasteiger partial charge in [-0.2, -0.15) is 0 Å². The Labute approximate surface area is 186 Å². The van der Waals surface area contributed by atoms with Gasteiger partial charge in [-0.05, 0) is 32.2 Å². The number of rotatable bonds is 7. The molecule has 0 fully saturated rings. The molecule has 1 unspecified atom stereocenters. The highest BCUT2D eigenvalue weighted by atomic mass is 32.2. The van der Waals surface area contributed by atoms with Gasteiger partial charge >= 0.3 is 5.97 Å². The fraction of sp³-hybridized carbons (Fsp3) is 0.409. The van der Waals surface area contributed by atoms with E-state index in [-0.39, 0.29) is 18.4 Å². The van der Waals surface area contributed by atoms with Gasteiger partial charge in [-0.1, -0.05) is 23.9 Å². The number of allylic oxidation sites excluding steroid dienone is 1. The molecule has 166 valence electrons. The van der Waals surface area contributed by atoms with Crippen molar-refractivity contribution in [2.75, 3.05) is 21.3 Å². The molecule has 1 N–H and O–H groups in total. The summed E-state index contributed by atoms with van der Waals surface area (Å²) in [7, 11) is 4.46. The van der Waals surface area contributed by atoms with E-state index < -0.39 is 12.0 Å². The van der Waals surface area contributed by atoms with Gasteiger partial charge in [0.2, 0.25) is 5.91 Å². The summed E-state index contributed by atoms with van der Waals surface area (Å²) in [5, 5.41) is 5.49. The van der Waals surface area contributed by atoms with Crippen molar-refractivity contribution in [1.29, 1.82) is 0 Å². The second-order valence-electron chi connectivity index (χ2n) is 7.37. The molecule has 0 bridgehead atoms. The first-order chi connectivity index (χ1) is 14.8. The SMILES string of the molecule is COC(=O)C1=C(C)N=C2SC=C(CC(=O)NC(C)C)N2C1c1cccc(OC)c1OC. The number of hydrogen-bond acceptors (Lipinski definition) is 8. The summed E-state index contributed by atoms with van der Waals surface area (Å²) in [4.78, 5) is 31.9. The molecule has 3 rings (SSSR count). The van der Waals surface area contributed by atoms with Crippen molar-refractivity contribution in [3.63, 3.8) is 0 Å². The molecule has 0 aliphatic carbocycles. The number of carbonyl (C=O) groups is 2. The molecule has 1 atom stereocenters. The molecule has 0 saturated heterocycles. The van der Waals surface area contributed by atoms with Gasteiger partial charge in [-0.3, -0.25) is 4.79 Å². The Hall–Kier alpha value is -2.94. The highest BCUT2D eigenvalue weighted by Crippen LogP contribution is 2.48. The average molecular weight is 446 g/mol. The van der Waals surface area contributed by atoms with Gasteiger partial charge in [0.15, 0.2) is 16.7 Å². The molecular formula is C22H27N3O5S. The average Bonchev–Trinajstić information content (AvgIpc) is 3.12. The fourth-order valence-corrected chi connectivity index (χ4v) is 4.66. The van der Waals surface area contributed by atoms with E-state index in [9.17, 15) is 9.59 Å². The van der Waals surface area contributed by atoms with Gasteiger partial charge in [-0.15, -0.1) is 0 Å². The number of amidine groups is 1. The van der Waals surface area contributed by atoms with Crippen molar-refractivity contribution in [3.8, 4) is 11.5 Å². The lowest BCUT2D eigenvalue weighted by atomic mass is 9.92. The second kappa shape index (κ2) is 9.47. The number of esters is 1. The van der Waals surface area contributed by atoms with Crippen LogP contribution in [0.1, 0.15) is 38.8 Å². The third-order valence-corrected chi connectivity index (χ3v) is 5.81. The van der Waals surface area contributed by atoms with Crippen LogP contribution in [0, 0.1) is 0 Å². The summed E-state index contributed by atoms with van der Waals surface area (Å²) < 4.78 is 16.2. The van der Waals surface area contributed by atoms with Crippen molar-refractivity contribution < 1.29 is 23.8 Å². The van der Waals surface area contributed by atoms with Gasteiger partial charge in [0, 0.05) is 17.3 Å². The number of aliphatic imine (C=N–C) groups is 1. The monoisotopic (exact) mass is 445 g/mol. The molecule has 0 aromatic heterocycles. The summed E-state index contributed by atoms with van der Waals surface area (Å²) in [6.45, 7) is 5.60. The Kier molecular flexibility index (Phi) is 6.94. The fourth-order valence-electron chi connectivity index (χ4n) is 3.70. The van der Waals surface area contributed by atoms with Crippen LogP contribution in [-0.2, 0) is 14.3 Å². The number of thioether (sulfide) groups is 1. The Morgan fingerprint density at radius 3 is 2.58 bits per heavy atom. The Morgan fingerprint density at radius 1 is 1.23 bits per heavy atom. The maximum absolute atomic E-state index is 12.8. The van der Waals surface area contributed by atoms with Gasteiger partial charge in [-0.25, -0.2) is 9.79 Å². The molecule has 0 saturated carbocycles. The zero-order valence-electron chi connectivity index (χ0n) is 18.5. The number of carbonyl (C=O) groups excluding carboxylic acids is 2. The van der Waals surface area contributed by atoms with E-state index in [0.717, 1.165) is 5.70 Å². The van der Waals surface area contributed by atoms with Crippen LogP contribution in [0.2, 0.25) is 0 Å². The van der Waals surface area contributed by atoms with Crippen molar-refractivity contribution in [2.45, 2.75) is 39.3 Å². The van der Waals surface area contributed by atoms with Crippen LogP contribution in [0.25, 0.3) is 0 Å². The number of para-hydroxylation sites is 1. The minimum Gasteiger partial charge on any atom is -0.493 e. The molecule has 0 radical (unpaired) electrons. The van der Waals surface area contributed by atoms with Crippen LogP contribution in [0.15, 0.2) is 45.6 Å². The van der Waals surface area contributed by atoms with E-state index in [4.69, 9.17) is 14.2 Å². The van der Waals surface area contributed by atoms with E-state index in [1.54, 1.807) is 27.2 Å². The van der Waals surface area contributed by atoms with Gasteiger partial charge in [0.05, 0.1) is 45.1 Å². The standard InChI is InChI=1S/C22H27N3O5S/c1-12(2)23-17(26)10-14-11-31-22-24-13(3)18(21(27)30-6)19(25(14)22)15-8-7-9-16(28-4)20(15)29-5/h7-9,11-12,19H,10H2,1-6H3,(H,23,26). The Morgan fingerprint density at radius 2 is 1.97 bits per heavy atom. The number of amides is 1. The smallest absolute Gasteiger partial charge is 0.338 e. The third-order valence-electron chi connectivity index (χ3n) is 4.93. The Bertz CT molecular complexity index is 983. The molecule has 9 heteroatoms. The lowest BCUT2D eigenvalue weighted by molar-refractivity contribution is -0.136. The predicted molar refractivity (Wildman–Crippen MR) is 120 cm³/mol. The van der Waals surface area contributed by atoms with E-state index in [1.165, 1.54) is 18.9 Å². The molecular weight excluding hydrogens is 418 g/mol. The number of nitrogens with one attached hydrogen (secondary N) is 1.